The van der Waals surface area contributed by atoms with Crippen molar-refractivity contribution >= 4 is 34.9 Å². The van der Waals surface area contributed by atoms with Gasteiger partial charge in [-0.05, 0) is 43.5 Å². The molecule has 5 heteroatoms. The first-order chi connectivity index (χ1) is 11.1. The summed E-state index contributed by atoms with van der Waals surface area (Å²) in [6.45, 7) is 3.48. The number of likely N-dealkylation sites (tertiary alicyclic amines) is 1. The summed E-state index contributed by atoms with van der Waals surface area (Å²) >= 11 is 7.60. The summed E-state index contributed by atoms with van der Waals surface area (Å²) < 4.78 is 0. The molecular weight excluding hydrogens is 328 g/mol. The van der Waals surface area contributed by atoms with Crippen LogP contribution in [0.1, 0.15) is 36.3 Å². The summed E-state index contributed by atoms with van der Waals surface area (Å²) in [4.78, 5) is 18.9. The van der Waals surface area contributed by atoms with Crippen LogP contribution in [-0.4, -0.2) is 28.9 Å². The molecule has 2 aromatic rings. The van der Waals surface area contributed by atoms with E-state index in [0.717, 1.165) is 37.1 Å². The SMILES string of the molecule is C/C(=C\c1ccc(Cl)cc1)C(=O)N1CCC(c2nccs2)CC1. The Kier molecular flexibility index (Phi) is 5.13. The molecule has 3 rings (SSSR count). The summed E-state index contributed by atoms with van der Waals surface area (Å²) in [5.74, 6) is 0.622. The first-order valence-corrected chi connectivity index (χ1v) is 9.02. The molecule has 1 amide bonds. The number of nitrogens with zero attached hydrogens (tertiary/aromatic N) is 2. The van der Waals surface area contributed by atoms with Crippen LogP contribution in [-0.2, 0) is 4.79 Å². The monoisotopic (exact) mass is 346 g/mol. The molecule has 0 aliphatic carbocycles. The standard InChI is InChI=1S/C18H19ClN2OS/c1-13(12-14-2-4-16(19)5-3-14)18(22)21-9-6-15(7-10-21)17-20-8-11-23-17/h2-5,8,11-12,15H,6-7,9-10H2,1H3/b13-12+. The van der Waals surface area contributed by atoms with Gasteiger partial charge in [-0.1, -0.05) is 23.7 Å². The molecule has 0 bridgehead atoms. The lowest BCUT2D eigenvalue weighted by molar-refractivity contribution is -0.128. The van der Waals surface area contributed by atoms with Gasteiger partial charge in [0.05, 0.1) is 5.01 Å². The molecule has 2 heterocycles. The third kappa shape index (κ3) is 4.01. The molecule has 120 valence electrons. The molecule has 0 atom stereocenters. The summed E-state index contributed by atoms with van der Waals surface area (Å²) in [5.41, 5.74) is 1.76. The van der Waals surface area contributed by atoms with Crippen molar-refractivity contribution in [2.24, 2.45) is 0 Å². The summed E-state index contributed by atoms with van der Waals surface area (Å²) in [7, 11) is 0. The Balaban J connectivity index is 1.61. The Morgan fingerprint density at radius 1 is 1.30 bits per heavy atom. The predicted octanol–water partition coefficient (Wildman–Crippen LogP) is 4.61. The molecule has 1 fully saturated rings. The maximum absolute atomic E-state index is 12.6. The molecule has 0 saturated carbocycles. The number of hydrogen-bond acceptors (Lipinski definition) is 3. The number of piperidine rings is 1. The van der Waals surface area contributed by atoms with Gasteiger partial charge in [-0.25, -0.2) is 4.98 Å². The Morgan fingerprint density at radius 2 is 2.00 bits per heavy atom. The fraction of sp³-hybridized carbons (Fsp3) is 0.333. The van der Waals surface area contributed by atoms with Crippen molar-refractivity contribution in [1.29, 1.82) is 0 Å². The third-order valence-corrected chi connectivity index (χ3v) is 5.36. The quantitative estimate of drug-likeness (QED) is 0.760. The molecule has 1 aliphatic rings. The maximum Gasteiger partial charge on any atom is 0.249 e. The van der Waals surface area contributed by atoms with Crippen LogP contribution in [0.5, 0.6) is 0 Å². The molecule has 0 spiro atoms. The van der Waals surface area contributed by atoms with Gasteiger partial charge >= 0.3 is 0 Å². The summed E-state index contributed by atoms with van der Waals surface area (Å²) in [5, 5.41) is 3.92. The number of hydrogen-bond donors (Lipinski definition) is 0. The van der Waals surface area contributed by atoms with Crippen LogP contribution in [0.25, 0.3) is 6.08 Å². The maximum atomic E-state index is 12.6. The minimum Gasteiger partial charge on any atom is -0.339 e. The lowest BCUT2D eigenvalue weighted by Gasteiger charge is -2.31. The van der Waals surface area contributed by atoms with Gasteiger partial charge in [0.25, 0.3) is 0 Å². The molecular formula is C18H19ClN2OS. The van der Waals surface area contributed by atoms with Gasteiger partial charge in [-0.15, -0.1) is 11.3 Å². The van der Waals surface area contributed by atoms with Crippen LogP contribution in [0.15, 0.2) is 41.4 Å². The number of benzene rings is 1. The van der Waals surface area contributed by atoms with Crippen LogP contribution in [0.4, 0.5) is 0 Å². The average Bonchev–Trinajstić information content (AvgIpc) is 3.11. The van der Waals surface area contributed by atoms with Crippen LogP contribution >= 0.6 is 22.9 Å². The number of halogens is 1. The molecule has 23 heavy (non-hydrogen) atoms. The van der Waals surface area contributed by atoms with Gasteiger partial charge < -0.3 is 4.90 Å². The normalized spacial score (nSPS) is 16.6. The number of amides is 1. The van der Waals surface area contributed by atoms with Gasteiger partial charge in [-0.2, -0.15) is 0 Å². The number of carbonyl (C=O) groups is 1. The van der Waals surface area contributed by atoms with Crippen molar-refractivity contribution in [2.45, 2.75) is 25.7 Å². The average molecular weight is 347 g/mol. The summed E-state index contributed by atoms with van der Waals surface area (Å²) in [6, 6.07) is 7.52. The minimum absolute atomic E-state index is 0.123. The van der Waals surface area contributed by atoms with E-state index in [2.05, 4.69) is 4.98 Å². The Bertz CT molecular complexity index is 686. The van der Waals surface area contributed by atoms with Crippen LogP contribution < -0.4 is 0 Å². The van der Waals surface area contributed by atoms with Crippen molar-refractivity contribution < 1.29 is 4.79 Å². The highest BCUT2D eigenvalue weighted by Gasteiger charge is 2.25. The van der Waals surface area contributed by atoms with E-state index in [4.69, 9.17) is 11.6 Å². The number of thiazole rings is 1. The largest absolute Gasteiger partial charge is 0.339 e. The zero-order chi connectivity index (χ0) is 16.2. The smallest absolute Gasteiger partial charge is 0.249 e. The molecule has 1 saturated heterocycles. The molecule has 1 aromatic heterocycles. The van der Waals surface area contributed by atoms with E-state index in [-0.39, 0.29) is 5.91 Å². The molecule has 0 unspecified atom stereocenters. The Hall–Kier alpha value is -1.65. The first-order valence-electron chi connectivity index (χ1n) is 7.76. The molecule has 3 nitrogen and oxygen atoms in total. The molecule has 0 radical (unpaired) electrons. The minimum atomic E-state index is 0.123. The van der Waals surface area contributed by atoms with Crippen molar-refractivity contribution in [1.82, 2.24) is 9.88 Å². The molecule has 1 aliphatic heterocycles. The zero-order valence-electron chi connectivity index (χ0n) is 13.0. The van der Waals surface area contributed by atoms with Crippen molar-refractivity contribution in [3.8, 4) is 0 Å². The van der Waals surface area contributed by atoms with Gasteiger partial charge in [0.2, 0.25) is 5.91 Å². The zero-order valence-corrected chi connectivity index (χ0v) is 14.6. The highest BCUT2D eigenvalue weighted by Crippen LogP contribution is 2.29. The van der Waals surface area contributed by atoms with E-state index in [0.29, 0.717) is 10.9 Å². The first kappa shape index (κ1) is 16.2. The van der Waals surface area contributed by atoms with Gasteiger partial charge in [-0.3, -0.25) is 4.79 Å². The Labute approximate surface area is 145 Å². The van der Waals surface area contributed by atoms with E-state index in [1.807, 2.05) is 53.7 Å². The fourth-order valence-corrected chi connectivity index (χ4v) is 3.82. The second-order valence-corrected chi connectivity index (χ2v) is 7.18. The van der Waals surface area contributed by atoms with Gasteiger partial charge in [0.1, 0.15) is 0 Å². The third-order valence-electron chi connectivity index (χ3n) is 4.17. The van der Waals surface area contributed by atoms with Crippen LogP contribution in [0, 0.1) is 0 Å². The van der Waals surface area contributed by atoms with Crippen molar-refractivity contribution in [3.05, 3.63) is 57.0 Å². The van der Waals surface area contributed by atoms with Gasteiger partial charge in [0.15, 0.2) is 0 Å². The summed E-state index contributed by atoms with van der Waals surface area (Å²) in [6.07, 6.45) is 5.77. The highest BCUT2D eigenvalue weighted by molar-refractivity contribution is 7.09. The Morgan fingerprint density at radius 3 is 2.61 bits per heavy atom. The second kappa shape index (κ2) is 7.28. The van der Waals surface area contributed by atoms with Crippen LogP contribution in [0.3, 0.4) is 0 Å². The lowest BCUT2D eigenvalue weighted by Crippen LogP contribution is -2.38. The van der Waals surface area contributed by atoms with E-state index in [1.54, 1.807) is 11.3 Å². The number of carbonyl (C=O) groups excluding carboxylic acids is 1. The topological polar surface area (TPSA) is 33.2 Å². The number of aromatic nitrogens is 1. The molecule has 1 aromatic carbocycles. The van der Waals surface area contributed by atoms with Crippen molar-refractivity contribution in [3.63, 3.8) is 0 Å². The highest BCUT2D eigenvalue weighted by atomic mass is 35.5. The van der Waals surface area contributed by atoms with Crippen molar-refractivity contribution in [2.75, 3.05) is 13.1 Å². The van der Waals surface area contributed by atoms with E-state index < -0.39 is 0 Å². The van der Waals surface area contributed by atoms with Gasteiger partial charge in [0, 0.05) is 41.2 Å². The number of rotatable bonds is 3. The molecule has 0 N–H and O–H groups in total. The lowest BCUT2D eigenvalue weighted by atomic mass is 9.97. The fourth-order valence-electron chi connectivity index (χ4n) is 2.89. The van der Waals surface area contributed by atoms with E-state index in [9.17, 15) is 4.79 Å². The predicted molar refractivity (Wildman–Crippen MR) is 95.8 cm³/mol. The van der Waals surface area contributed by atoms with E-state index >= 15 is 0 Å². The second-order valence-electron chi connectivity index (χ2n) is 5.82. The van der Waals surface area contributed by atoms with E-state index in [1.165, 1.54) is 5.01 Å². The van der Waals surface area contributed by atoms with Crippen LogP contribution in [0.2, 0.25) is 5.02 Å².